The van der Waals surface area contributed by atoms with E-state index in [0.717, 1.165) is 28.2 Å². The van der Waals surface area contributed by atoms with Crippen LogP contribution in [-0.4, -0.2) is 32.9 Å². The Morgan fingerprint density at radius 3 is 2.78 bits per heavy atom. The van der Waals surface area contributed by atoms with Gasteiger partial charge in [0.15, 0.2) is 0 Å². The van der Waals surface area contributed by atoms with Gasteiger partial charge in [0.25, 0.3) is 17.4 Å². The second-order valence-electron chi connectivity index (χ2n) is 8.23. The van der Waals surface area contributed by atoms with Crippen LogP contribution in [0.3, 0.4) is 0 Å². The Labute approximate surface area is 207 Å². The van der Waals surface area contributed by atoms with Crippen LogP contribution < -0.4 is 16.2 Å². The number of hydrogen-bond donors (Lipinski definition) is 3. The first kappa shape index (κ1) is 22.8. The Morgan fingerprint density at radius 2 is 1.97 bits per heavy atom. The van der Waals surface area contributed by atoms with E-state index in [0.29, 0.717) is 5.57 Å². The molecule has 0 radical (unpaired) electrons. The first-order valence-corrected chi connectivity index (χ1v) is 11.4. The van der Waals surface area contributed by atoms with Gasteiger partial charge in [0.05, 0.1) is 17.8 Å². The average Bonchev–Trinajstić information content (AvgIpc) is 3.51. The van der Waals surface area contributed by atoms with Crippen molar-refractivity contribution in [3.8, 4) is 0 Å². The Kier molecular flexibility index (Phi) is 6.40. The van der Waals surface area contributed by atoms with Gasteiger partial charge in [0.1, 0.15) is 5.56 Å². The standard InChI is InChI=1S/C28H23N5O3/c34-26(23-9-5-15-33(28(23)36)18-21-7-1-2-12-30-21)31-14-3-6-19-10-11-22-24(17-20-8-4-13-29-20)27(35)32-25(22)16-19/h1-13,15-17,29H,14,18H2,(H,31,34)(H,32,35). The average molecular weight is 478 g/mol. The van der Waals surface area contributed by atoms with Crippen LogP contribution in [0.5, 0.6) is 0 Å². The highest BCUT2D eigenvalue weighted by atomic mass is 16.2. The molecule has 8 nitrogen and oxygen atoms in total. The van der Waals surface area contributed by atoms with E-state index in [1.807, 2.05) is 66.9 Å². The number of rotatable bonds is 7. The third kappa shape index (κ3) is 4.92. The molecule has 0 fully saturated rings. The molecule has 2 amide bonds. The Bertz CT molecular complexity index is 1530. The maximum Gasteiger partial charge on any atom is 0.263 e. The summed E-state index contributed by atoms with van der Waals surface area (Å²) >= 11 is 0. The second-order valence-corrected chi connectivity index (χ2v) is 8.23. The topological polar surface area (TPSA) is 109 Å². The lowest BCUT2D eigenvalue weighted by atomic mass is 10.0. The van der Waals surface area contributed by atoms with Crippen LogP contribution >= 0.6 is 0 Å². The zero-order valence-electron chi connectivity index (χ0n) is 19.3. The predicted molar refractivity (Wildman–Crippen MR) is 139 cm³/mol. The third-order valence-electron chi connectivity index (χ3n) is 5.76. The fourth-order valence-corrected chi connectivity index (χ4v) is 3.99. The van der Waals surface area contributed by atoms with E-state index in [1.54, 1.807) is 24.5 Å². The molecule has 4 heterocycles. The van der Waals surface area contributed by atoms with E-state index in [4.69, 9.17) is 0 Å². The number of amides is 2. The number of anilines is 1. The van der Waals surface area contributed by atoms with Gasteiger partial charge in [-0.05, 0) is 54.1 Å². The Balaban J connectivity index is 1.22. The number of benzene rings is 1. The molecule has 178 valence electrons. The number of nitrogens with one attached hydrogen (secondary N) is 3. The molecule has 0 unspecified atom stereocenters. The summed E-state index contributed by atoms with van der Waals surface area (Å²) in [6.45, 7) is 0.534. The Morgan fingerprint density at radius 1 is 1.06 bits per heavy atom. The van der Waals surface area contributed by atoms with Gasteiger partial charge in [-0.25, -0.2) is 0 Å². The molecule has 0 atom stereocenters. The maximum absolute atomic E-state index is 12.7. The van der Waals surface area contributed by atoms with Crippen LogP contribution in [0.15, 0.2) is 90.1 Å². The maximum atomic E-state index is 12.7. The summed E-state index contributed by atoms with van der Waals surface area (Å²) in [5.41, 5.74) is 4.35. The van der Waals surface area contributed by atoms with E-state index < -0.39 is 5.91 Å². The molecule has 0 saturated carbocycles. The van der Waals surface area contributed by atoms with E-state index in [9.17, 15) is 14.4 Å². The van der Waals surface area contributed by atoms with E-state index >= 15 is 0 Å². The lowest BCUT2D eigenvalue weighted by molar-refractivity contribution is -0.110. The number of nitrogens with zero attached hydrogens (tertiary/aromatic N) is 2. The highest BCUT2D eigenvalue weighted by molar-refractivity contribution is 6.34. The number of aromatic nitrogens is 3. The van der Waals surface area contributed by atoms with Gasteiger partial charge in [-0.2, -0.15) is 0 Å². The minimum absolute atomic E-state index is 0.0726. The number of hydrogen-bond acceptors (Lipinski definition) is 4. The summed E-state index contributed by atoms with van der Waals surface area (Å²) in [5.74, 6) is -0.593. The van der Waals surface area contributed by atoms with E-state index in [2.05, 4.69) is 20.6 Å². The van der Waals surface area contributed by atoms with Gasteiger partial charge >= 0.3 is 0 Å². The summed E-state index contributed by atoms with van der Waals surface area (Å²) in [6, 6.07) is 18.1. The molecule has 5 rings (SSSR count). The minimum Gasteiger partial charge on any atom is -0.362 e. The highest BCUT2D eigenvalue weighted by Crippen LogP contribution is 2.33. The molecule has 1 aliphatic heterocycles. The lowest BCUT2D eigenvalue weighted by Gasteiger charge is -2.08. The van der Waals surface area contributed by atoms with Gasteiger partial charge in [-0.3, -0.25) is 19.4 Å². The number of carbonyl (C=O) groups excluding carboxylic acids is 2. The van der Waals surface area contributed by atoms with Crippen LogP contribution in [0, 0.1) is 0 Å². The first-order valence-electron chi connectivity index (χ1n) is 11.4. The minimum atomic E-state index is -0.444. The zero-order chi connectivity index (χ0) is 24.9. The van der Waals surface area contributed by atoms with Gasteiger partial charge in [-0.1, -0.05) is 30.4 Å². The molecule has 3 aromatic heterocycles. The fraction of sp³-hybridized carbons (Fsp3) is 0.0714. The predicted octanol–water partition coefficient (Wildman–Crippen LogP) is 3.56. The summed E-state index contributed by atoms with van der Waals surface area (Å²) in [5, 5.41) is 5.65. The monoisotopic (exact) mass is 477 g/mol. The van der Waals surface area contributed by atoms with Gasteiger partial charge < -0.3 is 20.2 Å². The lowest BCUT2D eigenvalue weighted by Crippen LogP contribution is -2.33. The van der Waals surface area contributed by atoms with E-state index in [1.165, 1.54) is 10.6 Å². The van der Waals surface area contributed by atoms with Crippen molar-refractivity contribution in [2.24, 2.45) is 0 Å². The normalized spacial score (nSPS) is 13.7. The van der Waals surface area contributed by atoms with Crippen molar-refractivity contribution < 1.29 is 9.59 Å². The van der Waals surface area contributed by atoms with Crippen LogP contribution in [-0.2, 0) is 11.3 Å². The zero-order valence-corrected chi connectivity index (χ0v) is 19.3. The molecule has 1 aliphatic rings. The molecule has 0 saturated heterocycles. The fourth-order valence-electron chi connectivity index (χ4n) is 3.99. The highest BCUT2D eigenvalue weighted by Gasteiger charge is 2.24. The number of fused-ring (bicyclic) bond motifs is 1. The van der Waals surface area contributed by atoms with Gasteiger partial charge in [-0.15, -0.1) is 0 Å². The van der Waals surface area contributed by atoms with Crippen LogP contribution in [0.1, 0.15) is 32.9 Å². The van der Waals surface area contributed by atoms with Gasteiger partial charge in [0, 0.05) is 42.1 Å². The molecule has 0 bridgehead atoms. The number of pyridine rings is 2. The number of H-pyrrole nitrogens is 1. The van der Waals surface area contributed by atoms with E-state index in [-0.39, 0.29) is 30.1 Å². The molecule has 8 heteroatoms. The van der Waals surface area contributed by atoms with Crippen molar-refractivity contribution >= 4 is 35.2 Å². The van der Waals surface area contributed by atoms with Crippen molar-refractivity contribution in [2.75, 3.05) is 11.9 Å². The number of aromatic amines is 1. The second kappa shape index (κ2) is 10.1. The van der Waals surface area contributed by atoms with Gasteiger partial charge in [0.2, 0.25) is 0 Å². The van der Waals surface area contributed by atoms with Crippen molar-refractivity contribution in [1.29, 1.82) is 0 Å². The number of carbonyl (C=O) groups is 2. The molecular formula is C28H23N5O3. The quantitative estimate of drug-likeness (QED) is 0.354. The van der Waals surface area contributed by atoms with Crippen LogP contribution in [0.2, 0.25) is 0 Å². The molecule has 36 heavy (non-hydrogen) atoms. The molecular weight excluding hydrogens is 454 g/mol. The van der Waals surface area contributed by atoms with Crippen molar-refractivity contribution in [1.82, 2.24) is 19.9 Å². The molecule has 3 N–H and O–H groups in total. The summed E-state index contributed by atoms with van der Waals surface area (Å²) < 4.78 is 1.46. The SMILES string of the molecule is O=C1Nc2cc(C=CCNC(=O)c3cccn(Cc4ccccn4)c3=O)ccc2C1=Cc1ccc[nH]1. The smallest absolute Gasteiger partial charge is 0.263 e. The van der Waals surface area contributed by atoms with Crippen LogP contribution in [0.4, 0.5) is 5.69 Å². The molecule has 0 spiro atoms. The summed E-state index contributed by atoms with van der Waals surface area (Å²) in [4.78, 5) is 45.1. The van der Waals surface area contributed by atoms with Crippen molar-refractivity contribution in [3.05, 3.63) is 124 Å². The summed E-state index contributed by atoms with van der Waals surface area (Å²) in [6.07, 6.45) is 10.6. The third-order valence-corrected chi connectivity index (χ3v) is 5.76. The van der Waals surface area contributed by atoms with Crippen LogP contribution in [0.25, 0.3) is 17.7 Å². The molecule has 0 aliphatic carbocycles. The largest absolute Gasteiger partial charge is 0.362 e. The van der Waals surface area contributed by atoms with Crippen molar-refractivity contribution in [3.63, 3.8) is 0 Å². The summed E-state index contributed by atoms with van der Waals surface area (Å²) in [7, 11) is 0. The van der Waals surface area contributed by atoms with Crippen molar-refractivity contribution in [2.45, 2.75) is 6.54 Å². The first-order chi connectivity index (χ1) is 17.6. The Hall–Kier alpha value is -4.98. The molecule has 4 aromatic rings. The molecule has 1 aromatic carbocycles.